The first kappa shape index (κ1) is 14.3. The topological polar surface area (TPSA) is 24.5 Å². The van der Waals surface area contributed by atoms with Crippen LogP contribution in [0.3, 0.4) is 0 Å². The van der Waals surface area contributed by atoms with Crippen LogP contribution < -0.4 is 5.32 Å². The zero-order valence-electron chi connectivity index (χ0n) is 12.2. The first-order valence-corrected chi connectivity index (χ1v) is 7.79. The first-order valence-electron chi connectivity index (χ1n) is 7.79. The van der Waals surface area contributed by atoms with Crippen LogP contribution in [0.1, 0.15) is 46.0 Å². The van der Waals surface area contributed by atoms with Gasteiger partial charge in [0, 0.05) is 26.2 Å². The van der Waals surface area contributed by atoms with Crippen molar-refractivity contribution < 1.29 is 4.74 Å². The van der Waals surface area contributed by atoms with Gasteiger partial charge >= 0.3 is 0 Å². The standard InChI is InChI=1S/C15H30N2O/c1-3-16-12-15(7-5-4-6-8-15)13-17-9-10-18-14(2)11-17/h14,16H,3-13H2,1-2H3. The van der Waals surface area contributed by atoms with Gasteiger partial charge in [-0.1, -0.05) is 26.2 Å². The van der Waals surface area contributed by atoms with Crippen LogP contribution in [0.5, 0.6) is 0 Å². The van der Waals surface area contributed by atoms with E-state index < -0.39 is 0 Å². The normalized spacial score (nSPS) is 29.3. The van der Waals surface area contributed by atoms with Crippen molar-refractivity contribution in [2.24, 2.45) is 5.41 Å². The third-order valence-corrected chi connectivity index (χ3v) is 4.55. The van der Waals surface area contributed by atoms with Crippen molar-refractivity contribution in [3.63, 3.8) is 0 Å². The summed E-state index contributed by atoms with van der Waals surface area (Å²) < 4.78 is 5.65. The highest BCUT2D eigenvalue weighted by atomic mass is 16.5. The molecule has 0 aromatic heterocycles. The van der Waals surface area contributed by atoms with Crippen LogP contribution in [0.2, 0.25) is 0 Å². The summed E-state index contributed by atoms with van der Waals surface area (Å²) in [5.41, 5.74) is 0.533. The maximum Gasteiger partial charge on any atom is 0.0674 e. The number of rotatable bonds is 5. The summed E-state index contributed by atoms with van der Waals surface area (Å²) in [6, 6.07) is 0. The van der Waals surface area contributed by atoms with Crippen LogP contribution in [-0.2, 0) is 4.74 Å². The molecule has 18 heavy (non-hydrogen) atoms. The predicted molar refractivity (Wildman–Crippen MR) is 75.9 cm³/mol. The smallest absolute Gasteiger partial charge is 0.0674 e. The van der Waals surface area contributed by atoms with Gasteiger partial charge in [-0.25, -0.2) is 0 Å². The van der Waals surface area contributed by atoms with E-state index in [-0.39, 0.29) is 0 Å². The van der Waals surface area contributed by atoms with Crippen LogP contribution in [0.4, 0.5) is 0 Å². The molecule has 2 fully saturated rings. The van der Waals surface area contributed by atoms with Crippen LogP contribution in [0, 0.1) is 5.41 Å². The second-order valence-corrected chi connectivity index (χ2v) is 6.26. The molecule has 1 saturated carbocycles. The van der Waals surface area contributed by atoms with Gasteiger partial charge in [0.05, 0.1) is 12.7 Å². The lowest BCUT2D eigenvalue weighted by Gasteiger charge is -2.43. The summed E-state index contributed by atoms with van der Waals surface area (Å²) in [7, 11) is 0. The molecule has 3 nitrogen and oxygen atoms in total. The Balaban J connectivity index is 1.91. The molecule has 1 unspecified atom stereocenters. The van der Waals surface area contributed by atoms with E-state index in [0.717, 1.165) is 26.2 Å². The lowest BCUT2D eigenvalue weighted by atomic mass is 9.73. The number of hydrogen-bond acceptors (Lipinski definition) is 3. The average molecular weight is 254 g/mol. The Hall–Kier alpha value is -0.120. The highest BCUT2D eigenvalue weighted by Crippen LogP contribution is 2.36. The van der Waals surface area contributed by atoms with E-state index in [1.807, 2.05) is 0 Å². The van der Waals surface area contributed by atoms with Crippen molar-refractivity contribution in [1.82, 2.24) is 10.2 Å². The molecule has 2 aliphatic rings. The average Bonchev–Trinajstić information content (AvgIpc) is 2.38. The van der Waals surface area contributed by atoms with Gasteiger partial charge in [-0.05, 0) is 31.7 Å². The second-order valence-electron chi connectivity index (χ2n) is 6.26. The number of nitrogens with zero attached hydrogens (tertiary/aromatic N) is 1. The number of hydrogen-bond donors (Lipinski definition) is 1. The lowest BCUT2D eigenvalue weighted by Crippen LogP contribution is -2.50. The Morgan fingerprint density at radius 1 is 1.28 bits per heavy atom. The molecule has 1 aliphatic heterocycles. The molecule has 1 heterocycles. The van der Waals surface area contributed by atoms with Gasteiger partial charge in [-0.15, -0.1) is 0 Å². The minimum absolute atomic E-state index is 0.415. The molecule has 0 radical (unpaired) electrons. The Kier molecular flexibility index (Phi) is 5.46. The third-order valence-electron chi connectivity index (χ3n) is 4.55. The maximum absolute atomic E-state index is 5.65. The van der Waals surface area contributed by atoms with Crippen molar-refractivity contribution >= 4 is 0 Å². The Morgan fingerprint density at radius 3 is 2.72 bits per heavy atom. The molecule has 1 N–H and O–H groups in total. The molecule has 1 atom stereocenters. The molecule has 0 bridgehead atoms. The van der Waals surface area contributed by atoms with Gasteiger partial charge in [-0.3, -0.25) is 4.90 Å². The quantitative estimate of drug-likeness (QED) is 0.814. The number of nitrogens with one attached hydrogen (secondary N) is 1. The summed E-state index contributed by atoms with van der Waals surface area (Å²) in [5.74, 6) is 0. The van der Waals surface area contributed by atoms with Crippen molar-refractivity contribution in [3.8, 4) is 0 Å². The molecule has 0 aromatic carbocycles. The fraction of sp³-hybridized carbons (Fsp3) is 1.00. The second kappa shape index (κ2) is 6.88. The molecule has 0 aromatic rings. The van der Waals surface area contributed by atoms with E-state index in [0.29, 0.717) is 11.5 Å². The highest BCUT2D eigenvalue weighted by Gasteiger charge is 2.34. The Morgan fingerprint density at radius 2 is 2.06 bits per heavy atom. The van der Waals surface area contributed by atoms with Gasteiger partial charge in [-0.2, -0.15) is 0 Å². The molecule has 0 spiro atoms. The van der Waals surface area contributed by atoms with Gasteiger partial charge in [0.1, 0.15) is 0 Å². The lowest BCUT2D eigenvalue weighted by molar-refractivity contribution is -0.0368. The summed E-state index contributed by atoms with van der Waals surface area (Å²) in [5, 5.41) is 3.60. The third kappa shape index (κ3) is 3.94. The molecule has 106 valence electrons. The summed E-state index contributed by atoms with van der Waals surface area (Å²) in [6.07, 6.45) is 7.51. The Labute approximate surface area is 112 Å². The van der Waals surface area contributed by atoms with Gasteiger partial charge < -0.3 is 10.1 Å². The van der Waals surface area contributed by atoms with Crippen molar-refractivity contribution in [2.45, 2.75) is 52.1 Å². The largest absolute Gasteiger partial charge is 0.376 e. The molecular weight excluding hydrogens is 224 g/mol. The minimum atomic E-state index is 0.415. The summed E-state index contributed by atoms with van der Waals surface area (Å²) in [6.45, 7) is 11.1. The SMILES string of the molecule is CCNCC1(CN2CCOC(C)C2)CCCCC1. The summed E-state index contributed by atoms with van der Waals surface area (Å²) in [4.78, 5) is 2.64. The zero-order chi connectivity index (χ0) is 12.8. The summed E-state index contributed by atoms with van der Waals surface area (Å²) >= 11 is 0. The highest BCUT2D eigenvalue weighted by molar-refractivity contribution is 4.88. The molecular formula is C15H30N2O. The fourth-order valence-electron chi connectivity index (χ4n) is 3.59. The van der Waals surface area contributed by atoms with Crippen LogP contribution in [0.25, 0.3) is 0 Å². The molecule has 1 aliphatic carbocycles. The van der Waals surface area contributed by atoms with Crippen molar-refractivity contribution in [2.75, 3.05) is 39.3 Å². The maximum atomic E-state index is 5.65. The van der Waals surface area contributed by atoms with E-state index in [2.05, 4.69) is 24.1 Å². The molecule has 1 saturated heterocycles. The van der Waals surface area contributed by atoms with Gasteiger partial charge in [0.2, 0.25) is 0 Å². The monoisotopic (exact) mass is 254 g/mol. The number of ether oxygens (including phenoxy) is 1. The predicted octanol–water partition coefficient (Wildman–Crippen LogP) is 2.27. The van der Waals surface area contributed by atoms with E-state index >= 15 is 0 Å². The van der Waals surface area contributed by atoms with Crippen molar-refractivity contribution in [1.29, 1.82) is 0 Å². The minimum Gasteiger partial charge on any atom is -0.376 e. The van der Waals surface area contributed by atoms with E-state index in [4.69, 9.17) is 4.74 Å². The Bertz CT molecular complexity index is 239. The van der Waals surface area contributed by atoms with Crippen molar-refractivity contribution in [3.05, 3.63) is 0 Å². The first-order chi connectivity index (χ1) is 8.74. The van der Waals surface area contributed by atoms with Crippen LogP contribution in [-0.4, -0.2) is 50.3 Å². The molecule has 2 rings (SSSR count). The van der Waals surface area contributed by atoms with Crippen LogP contribution >= 0.6 is 0 Å². The van der Waals surface area contributed by atoms with Crippen LogP contribution in [0.15, 0.2) is 0 Å². The number of morpholine rings is 1. The van der Waals surface area contributed by atoms with Gasteiger partial charge in [0.15, 0.2) is 0 Å². The van der Waals surface area contributed by atoms with E-state index in [9.17, 15) is 0 Å². The zero-order valence-corrected chi connectivity index (χ0v) is 12.2. The molecule has 3 heteroatoms. The fourth-order valence-corrected chi connectivity index (χ4v) is 3.59. The molecule has 0 amide bonds. The van der Waals surface area contributed by atoms with E-state index in [1.165, 1.54) is 45.2 Å². The van der Waals surface area contributed by atoms with Gasteiger partial charge in [0.25, 0.3) is 0 Å². The van der Waals surface area contributed by atoms with E-state index in [1.54, 1.807) is 0 Å².